The molecular formula is C14H19NO2. The summed E-state index contributed by atoms with van der Waals surface area (Å²) in [6.45, 7) is 0. The average Bonchev–Trinajstić information content (AvgIpc) is 2.29. The summed E-state index contributed by atoms with van der Waals surface area (Å²) in [5.41, 5.74) is 0.613. The van der Waals surface area contributed by atoms with Crippen molar-refractivity contribution in [2.45, 2.75) is 57.8 Å². The molecule has 0 spiro atoms. The predicted molar refractivity (Wildman–Crippen MR) is 64.3 cm³/mol. The number of rotatable bonds is 3. The van der Waals surface area contributed by atoms with Crippen molar-refractivity contribution in [2.75, 3.05) is 0 Å². The quantitative estimate of drug-likeness (QED) is 0.760. The first kappa shape index (κ1) is 12.2. The SMILES string of the molecule is N#CCCCC12CCCC(=O)C1=C(O)CCC2. The first-order chi connectivity index (χ1) is 8.19. The van der Waals surface area contributed by atoms with E-state index in [1.165, 1.54) is 0 Å². The molecular weight excluding hydrogens is 214 g/mol. The minimum Gasteiger partial charge on any atom is -0.512 e. The van der Waals surface area contributed by atoms with Gasteiger partial charge in [-0.2, -0.15) is 5.26 Å². The second-order valence-corrected chi connectivity index (χ2v) is 5.24. The van der Waals surface area contributed by atoms with Gasteiger partial charge < -0.3 is 5.11 Å². The van der Waals surface area contributed by atoms with E-state index in [1.807, 2.05) is 0 Å². The van der Waals surface area contributed by atoms with Crippen LogP contribution in [0.5, 0.6) is 0 Å². The van der Waals surface area contributed by atoms with Gasteiger partial charge in [0.15, 0.2) is 5.78 Å². The van der Waals surface area contributed by atoms with Crippen molar-refractivity contribution in [2.24, 2.45) is 5.41 Å². The van der Waals surface area contributed by atoms with Crippen molar-refractivity contribution in [3.05, 3.63) is 11.3 Å². The molecule has 0 amide bonds. The number of ketones is 1. The number of unbranched alkanes of at least 4 members (excludes halogenated alkanes) is 1. The van der Waals surface area contributed by atoms with Crippen molar-refractivity contribution in [1.29, 1.82) is 5.26 Å². The molecule has 92 valence electrons. The molecule has 0 radical (unpaired) electrons. The van der Waals surface area contributed by atoms with Crippen LogP contribution in [-0.4, -0.2) is 10.9 Å². The normalized spacial score (nSPS) is 28.8. The highest BCUT2D eigenvalue weighted by Gasteiger charge is 2.43. The summed E-state index contributed by atoms with van der Waals surface area (Å²) in [4.78, 5) is 12.0. The Kier molecular flexibility index (Phi) is 3.51. The third-order valence-corrected chi connectivity index (χ3v) is 4.17. The second-order valence-electron chi connectivity index (χ2n) is 5.24. The van der Waals surface area contributed by atoms with Crippen LogP contribution in [0.1, 0.15) is 57.8 Å². The van der Waals surface area contributed by atoms with Crippen LogP contribution in [0.15, 0.2) is 11.3 Å². The van der Waals surface area contributed by atoms with Crippen molar-refractivity contribution in [1.82, 2.24) is 0 Å². The molecule has 17 heavy (non-hydrogen) atoms. The zero-order chi connectivity index (χ0) is 12.3. The number of aliphatic hydroxyl groups excluding tert-OH is 1. The van der Waals surface area contributed by atoms with Gasteiger partial charge in [0.25, 0.3) is 0 Å². The van der Waals surface area contributed by atoms with Crippen LogP contribution in [0.25, 0.3) is 0 Å². The maximum absolute atomic E-state index is 12.0. The van der Waals surface area contributed by atoms with Crippen LogP contribution in [0.2, 0.25) is 0 Å². The van der Waals surface area contributed by atoms with Crippen LogP contribution < -0.4 is 0 Å². The molecule has 3 nitrogen and oxygen atoms in total. The number of hydrogen-bond acceptors (Lipinski definition) is 3. The maximum Gasteiger partial charge on any atom is 0.162 e. The molecule has 1 fully saturated rings. The molecule has 0 aromatic heterocycles. The third kappa shape index (κ3) is 2.22. The van der Waals surface area contributed by atoms with E-state index in [0.717, 1.165) is 38.5 Å². The van der Waals surface area contributed by atoms with E-state index in [-0.39, 0.29) is 11.2 Å². The molecule has 0 heterocycles. The monoisotopic (exact) mass is 233 g/mol. The fourth-order valence-electron chi connectivity index (χ4n) is 3.45. The van der Waals surface area contributed by atoms with E-state index in [9.17, 15) is 9.90 Å². The molecule has 2 aliphatic carbocycles. The Balaban J connectivity index is 2.24. The highest BCUT2D eigenvalue weighted by molar-refractivity contribution is 5.98. The highest BCUT2D eigenvalue weighted by Crippen LogP contribution is 2.50. The smallest absolute Gasteiger partial charge is 0.162 e. The summed E-state index contributed by atoms with van der Waals surface area (Å²) >= 11 is 0. The van der Waals surface area contributed by atoms with Crippen LogP contribution in [0, 0.1) is 16.7 Å². The predicted octanol–water partition coefficient (Wildman–Crippen LogP) is 3.42. The standard InChI is InChI=1S/C14H19NO2/c15-10-2-1-7-14-8-3-5-11(16)13(14)12(17)6-4-9-14/h16H,1-9H2. The van der Waals surface area contributed by atoms with E-state index in [4.69, 9.17) is 5.26 Å². The van der Waals surface area contributed by atoms with Crippen LogP contribution in [-0.2, 0) is 4.79 Å². The first-order valence-corrected chi connectivity index (χ1v) is 6.52. The first-order valence-electron chi connectivity index (χ1n) is 6.52. The summed E-state index contributed by atoms with van der Waals surface area (Å²) in [6, 6.07) is 2.16. The molecule has 2 aliphatic rings. The lowest BCUT2D eigenvalue weighted by Gasteiger charge is -2.42. The van der Waals surface area contributed by atoms with Gasteiger partial charge in [-0.25, -0.2) is 0 Å². The molecule has 0 bridgehead atoms. The number of allylic oxidation sites excluding steroid dienone is 2. The van der Waals surface area contributed by atoms with Gasteiger partial charge in [0.1, 0.15) is 0 Å². The second kappa shape index (κ2) is 4.91. The van der Waals surface area contributed by atoms with E-state index in [2.05, 4.69) is 6.07 Å². The van der Waals surface area contributed by atoms with Gasteiger partial charge >= 0.3 is 0 Å². The van der Waals surface area contributed by atoms with Crippen LogP contribution in [0.3, 0.4) is 0 Å². The van der Waals surface area contributed by atoms with Gasteiger partial charge in [-0.05, 0) is 38.5 Å². The van der Waals surface area contributed by atoms with E-state index in [1.54, 1.807) is 0 Å². The van der Waals surface area contributed by atoms with E-state index < -0.39 is 0 Å². The van der Waals surface area contributed by atoms with E-state index in [0.29, 0.717) is 30.6 Å². The maximum atomic E-state index is 12.0. The van der Waals surface area contributed by atoms with Crippen LogP contribution >= 0.6 is 0 Å². The Bertz CT molecular complexity index is 392. The number of nitriles is 1. The number of Topliss-reactive ketones (excluding diaryl/α,β-unsaturated/α-hetero) is 1. The zero-order valence-electron chi connectivity index (χ0n) is 10.2. The van der Waals surface area contributed by atoms with Crippen molar-refractivity contribution < 1.29 is 9.90 Å². The van der Waals surface area contributed by atoms with Gasteiger partial charge in [-0.15, -0.1) is 0 Å². The summed E-state index contributed by atoms with van der Waals surface area (Å²) in [5.74, 6) is 0.475. The molecule has 1 atom stereocenters. The zero-order valence-corrected chi connectivity index (χ0v) is 10.2. The largest absolute Gasteiger partial charge is 0.512 e. The molecule has 0 saturated heterocycles. The number of carbonyl (C=O) groups is 1. The average molecular weight is 233 g/mol. The molecule has 0 aromatic rings. The number of aliphatic hydroxyl groups is 1. The highest BCUT2D eigenvalue weighted by atomic mass is 16.3. The Morgan fingerprint density at radius 2 is 2.00 bits per heavy atom. The number of hydrogen-bond donors (Lipinski definition) is 1. The molecule has 3 heteroatoms. The van der Waals surface area contributed by atoms with Crippen molar-refractivity contribution in [3.63, 3.8) is 0 Å². The molecule has 1 unspecified atom stereocenters. The van der Waals surface area contributed by atoms with Crippen LogP contribution in [0.4, 0.5) is 0 Å². The van der Waals surface area contributed by atoms with Gasteiger partial charge in [0.05, 0.1) is 11.8 Å². The molecule has 1 N–H and O–H groups in total. The number of nitrogens with zero attached hydrogens (tertiary/aromatic N) is 1. The summed E-state index contributed by atoms with van der Waals surface area (Å²) in [5, 5.41) is 18.6. The fraction of sp³-hybridized carbons (Fsp3) is 0.714. The lowest BCUT2D eigenvalue weighted by atomic mass is 9.61. The Hall–Kier alpha value is -1.30. The molecule has 1 saturated carbocycles. The Labute approximate surface area is 102 Å². The van der Waals surface area contributed by atoms with Gasteiger partial charge in [0.2, 0.25) is 0 Å². The Morgan fingerprint density at radius 3 is 2.71 bits per heavy atom. The molecule has 2 rings (SSSR count). The number of carbonyl (C=O) groups excluding carboxylic acids is 1. The molecule has 0 aromatic carbocycles. The lowest BCUT2D eigenvalue weighted by Crippen LogP contribution is -2.35. The molecule has 0 aliphatic heterocycles. The minimum absolute atomic E-state index is 0.103. The Morgan fingerprint density at radius 1 is 1.29 bits per heavy atom. The minimum atomic E-state index is -0.103. The third-order valence-electron chi connectivity index (χ3n) is 4.17. The fourth-order valence-corrected chi connectivity index (χ4v) is 3.45. The topological polar surface area (TPSA) is 61.1 Å². The van der Waals surface area contributed by atoms with Gasteiger partial charge in [0, 0.05) is 30.3 Å². The number of fused-ring (bicyclic) bond motifs is 1. The summed E-state index contributed by atoms with van der Waals surface area (Å²) in [6.07, 6.45) is 7.40. The summed E-state index contributed by atoms with van der Waals surface area (Å²) in [7, 11) is 0. The van der Waals surface area contributed by atoms with Crippen molar-refractivity contribution in [3.8, 4) is 6.07 Å². The van der Waals surface area contributed by atoms with Gasteiger partial charge in [-0.3, -0.25) is 4.79 Å². The summed E-state index contributed by atoms with van der Waals surface area (Å²) < 4.78 is 0. The lowest BCUT2D eigenvalue weighted by molar-refractivity contribution is -0.119. The van der Waals surface area contributed by atoms with Crippen molar-refractivity contribution >= 4 is 5.78 Å². The van der Waals surface area contributed by atoms with Gasteiger partial charge in [-0.1, -0.05) is 0 Å². The van der Waals surface area contributed by atoms with E-state index >= 15 is 0 Å².